The van der Waals surface area contributed by atoms with Gasteiger partial charge in [0, 0.05) is 18.5 Å². The zero-order valence-corrected chi connectivity index (χ0v) is 9.83. The van der Waals surface area contributed by atoms with Crippen molar-refractivity contribution >= 4 is 22.4 Å². The van der Waals surface area contributed by atoms with E-state index in [1.807, 2.05) is 40.9 Å². The summed E-state index contributed by atoms with van der Waals surface area (Å²) in [6, 6.07) is 9.95. The fourth-order valence-corrected chi connectivity index (χ4v) is 1.93. The summed E-state index contributed by atoms with van der Waals surface area (Å²) in [4.78, 5) is 10.8. The Morgan fingerprint density at radius 1 is 1.28 bits per heavy atom. The number of nitrogens with zero attached hydrogens (tertiary/aromatic N) is 3. The molecule has 3 rings (SSSR count). The Bertz CT molecular complexity index is 733. The molecular weight excluding hydrogens is 230 g/mol. The molecule has 0 amide bonds. The van der Waals surface area contributed by atoms with Crippen LogP contribution in [0.5, 0.6) is 0 Å². The summed E-state index contributed by atoms with van der Waals surface area (Å²) in [5.41, 5.74) is 0.773. The van der Waals surface area contributed by atoms with Gasteiger partial charge in [-0.3, -0.25) is 9.20 Å². The molecule has 0 aliphatic heterocycles. The quantitative estimate of drug-likeness (QED) is 0.643. The number of carbonyl (C=O) groups is 1. The second kappa shape index (κ2) is 4.10. The van der Waals surface area contributed by atoms with E-state index >= 15 is 0 Å². The zero-order valence-electron chi connectivity index (χ0n) is 9.83. The van der Waals surface area contributed by atoms with Gasteiger partial charge in [0.1, 0.15) is 0 Å². The van der Waals surface area contributed by atoms with Gasteiger partial charge in [-0.05, 0) is 11.5 Å². The van der Waals surface area contributed by atoms with E-state index in [0.717, 1.165) is 16.4 Å². The van der Waals surface area contributed by atoms with Crippen LogP contribution < -0.4 is 0 Å². The van der Waals surface area contributed by atoms with E-state index in [4.69, 9.17) is 4.74 Å². The highest BCUT2D eigenvalue weighted by Crippen LogP contribution is 2.18. The Morgan fingerprint density at radius 3 is 2.94 bits per heavy atom. The fourth-order valence-electron chi connectivity index (χ4n) is 1.93. The second-order valence-corrected chi connectivity index (χ2v) is 3.99. The molecule has 0 saturated heterocycles. The summed E-state index contributed by atoms with van der Waals surface area (Å²) >= 11 is 0. The monoisotopic (exact) mass is 241 g/mol. The molecule has 5 heteroatoms. The molecule has 5 nitrogen and oxygen atoms in total. The van der Waals surface area contributed by atoms with Crippen molar-refractivity contribution in [1.29, 1.82) is 0 Å². The third kappa shape index (κ3) is 1.69. The van der Waals surface area contributed by atoms with Crippen molar-refractivity contribution in [3.05, 3.63) is 42.4 Å². The lowest BCUT2D eigenvalue weighted by molar-refractivity contribution is -0.142. The number of benzene rings is 1. The molecule has 0 atom stereocenters. The largest absolute Gasteiger partial charge is 0.458 e. The van der Waals surface area contributed by atoms with E-state index < -0.39 is 0 Å². The number of carbonyl (C=O) groups excluding carboxylic acids is 1. The summed E-state index contributed by atoms with van der Waals surface area (Å²) in [6.45, 7) is 1.51. The van der Waals surface area contributed by atoms with E-state index in [-0.39, 0.29) is 12.6 Å². The molecule has 0 aliphatic carbocycles. The minimum Gasteiger partial charge on any atom is -0.458 e. The van der Waals surface area contributed by atoms with Crippen LogP contribution in [0, 0.1) is 0 Å². The molecule has 0 spiro atoms. The Labute approximate surface area is 103 Å². The lowest BCUT2D eigenvalue weighted by Gasteiger charge is -2.02. The van der Waals surface area contributed by atoms with Crippen LogP contribution in [-0.2, 0) is 16.1 Å². The third-order valence-corrected chi connectivity index (χ3v) is 2.78. The Kier molecular flexibility index (Phi) is 2.44. The van der Waals surface area contributed by atoms with E-state index in [9.17, 15) is 4.79 Å². The fraction of sp³-hybridized carbons (Fsp3) is 0.154. The first-order valence-corrected chi connectivity index (χ1v) is 5.60. The van der Waals surface area contributed by atoms with Crippen molar-refractivity contribution in [2.45, 2.75) is 13.5 Å². The highest BCUT2D eigenvalue weighted by Gasteiger charge is 2.09. The van der Waals surface area contributed by atoms with Crippen LogP contribution >= 0.6 is 0 Å². The molecule has 0 unspecified atom stereocenters. The predicted octanol–water partition coefficient (Wildman–Crippen LogP) is 1.95. The first-order valence-electron chi connectivity index (χ1n) is 5.60. The summed E-state index contributed by atoms with van der Waals surface area (Å²) in [6.07, 6.45) is 1.89. The number of esters is 1. The minimum atomic E-state index is -0.326. The lowest BCUT2D eigenvalue weighted by atomic mass is 10.2. The molecule has 1 aromatic carbocycles. The number of rotatable bonds is 2. The molecule has 2 heterocycles. The second-order valence-electron chi connectivity index (χ2n) is 3.99. The molecule has 2 aromatic heterocycles. The molecular formula is C13H11N3O2. The van der Waals surface area contributed by atoms with Crippen molar-refractivity contribution in [3.8, 4) is 0 Å². The number of ether oxygens (including phenoxy) is 1. The van der Waals surface area contributed by atoms with Crippen molar-refractivity contribution in [3.63, 3.8) is 0 Å². The van der Waals surface area contributed by atoms with E-state index in [1.54, 1.807) is 0 Å². The first kappa shape index (κ1) is 10.7. The van der Waals surface area contributed by atoms with Crippen molar-refractivity contribution < 1.29 is 9.53 Å². The van der Waals surface area contributed by atoms with Crippen LogP contribution in [0.25, 0.3) is 16.4 Å². The maximum atomic E-state index is 10.8. The maximum Gasteiger partial charge on any atom is 0.303 e. The van der Waals surface area contributed by atoms with Crippen molar-refractivity contribution in [2.75, 3.05) is 0 Å². The van der Waals surface area contributed by atoms with Gasteiger partial charge in [-0.2, -0.15) is 0 Å². The van der Waals surface area contributed by atoms with Crippen LogP contribution in [0.1, 0.15) is 12.7 Å². The molecule has 18 heavy (non-hydrogen) atoms. The average molecular weight is 241 g/mol. The topological polar surface area (TPSA) is 56.5 Å². The van der Waals surface area contributed by atoms with Gasteiger partial charge in [0.25, 0.3) is 0 Å². The molecule has 0 aliphatic rings. The van der Waals surface area contributed by atoms with Gasteiger partial charge >= 0.3 is 5.97 Å². The van der Waals surface area contributed by atoms with E-state index in [2.05, 4.69) is 10.2 Å². The highest BCUT2D eigenvalue weighted by atomic mass is 16.5. The summed E-state index contributed by atoms with van der Waals surface area (Å²) in [7, 11) is 0. The maximum absolute atomic E-state index is 10.8. The molecule has 90 valence electrons. The molecule has 3 aromatic rings. The Hall–Kier alpha value is -2.43. The standard InChI is InChI=1S/C13H11N3O2/c1-9(17)18-8-12-14-15-13-11-5-3-2-4-10(11)6-7-16(12)13/h2-7H,8H2,1H3. The van der Waals surface area contributed by atoms with E-state index in [1.165, 1.54) is 6.92 Å². The minimum absolute atomic E-state index is 0.134. The van der Waals surface area contributed by atoms with Gasteiger partial charge in [0.2, 0.25) is 0 Å². The zero-order chi connectivity index (χ0) is 12.5. The average Bonchev–Trinajstić information content (AvgIpc) is 2.80. The Balaban J connectivity index is 2.14. The molecule has 0 N–H and O–H groups in total. The molecule has 0 bridgehead atoms. The lowest BCUT2D eigenvalue weighted by Crippen LogP contribution is -2.02. The number of hydrogen-bond acceptors (Lipinski definition) is 4. The molecule has 0 saturated carbocycles. The SMILES string of the molecule is CC(=O)OCc1nnc2c3ccccc3ccn12. The van der Waals surface area contributed by atoms with Gasteiger partial charge in [-0.1, -0.05) is 24.3 Å². The van der Waals surface area contributed by atoms with Crippen molar-refractivity contribution in [2.24, 2.45) is 0 Å². The van der Waals surface area contributed by atoms with Crippen LogP contribution in [0.3, 0.4) is 0 Å². The van der Waals surface area contributed by atoms with Crippen LogP contribution in [0.2, 0.25) is 0 Å². The van der Waals surface area contributed by atoms with Crippen LogP contribution in [0.4, 0.5) is 0 Å². The summed E-state index contributed by atoms with van der Waals surface area (Å²) in [5.74, 6) is 0.290. The van der Waals surface area contributed by atoms with Crippen LogP contribution in [0.15, 0.2) is 36.5 Å². The van der Waals surface area contributed by atoms with Gasteiger partial charge in [0.05, 0.1) is 0 Å². The predicted molar refractivity (Wildman–Crippen MR) is 66.0 cm³/mol. The number of pyridine rings is 1. The summed E-state index contributed by atoms with van der Waals surface area (Å²) < 4.78 is 6.78. The van der Waals surface area contributed by atoms with Gasteiger partial charge in [-0.15, -0.1) is 10.2 Å². The van der Waals surface area contributed by atoms with Gasteiger partial charge in [-0.25, -0.2) is 0 Å². The van der Waals surface area contributed by atoms with Crippen molar-refractivity contribution in [1.82, 2.24) is 14.6 Å². The number of hydrogen-bond donors (Lipinski definition) is 0. The van der Waals surface area contributed by atoms with Gasteiger partial charge in [0.15, 0.2) is 18.1 Å². The van der Waals surface area contributed by atoms with E-state index in [0.29, 0.717) is 5.82 Å². The molecule has 0 fully saturated rings. The first-order chi connectivity index (χ1) is 8.75. The Morgan fingerprint density at radius 2 is 2.11 bits per heavy atom. The number of fused-ring (bicyclic) bond motifs is 3. The highest BCUT2D eigenvalue weighted by molar-refractivity contribution is 5.93. The molecule has 0 radical (unpaired) electrons. The third-order valence-electron chi connectivity index (χ3n) is 2.78. The normalized spacial score (nSPS) is 10.9. The summed E-state index contributed by atoms with van der Waals surface area (Å²) in [5, 5.41) is 10.3. The number of aromatic nitrogens is 3. The smallest absolute Gasteiger partial charge is 0.303 e. The van der Waals surface area contributed by atoms with Gasteiger partial charge < -0.3 is 4.74 Å². The van der Waals surface area contributed by atoms with Crippen LogP contribution in [-0.4, -0.2) is 20.6 Å².